The van der Waals surface area contributed by atoms with Gasteiger partial charge in [0.1, 0.15) is 11.2 Å². The first-order valence-corrected chi connectivity index (χ1v) is 10.1. The maximum absolute atomic E-state index is 13.3. The van der Waals surface area contributed by atoms with Crippen LogP contribution in [0.2, 0.25) is 0 Å². The summed E-state index contributed by atoms with van der Waals surface area (Å²) >= 11 is 5.60. The molecule has 0 aromatic carbocycles. The van der Waals surface area contributed by atoms with Gasteiger partial charge in [0.05, 0.1) is 12.2 Å². The lowest BCUT2D eigenvalue weighted by molar-refractivity contribution is 0.00474. The van der Waals surface area contributed by atoms with E-state index in [0.717, 1.165) is 0 Å². The quantitative estimate of drug-likeness (QED) is 0.694. The number of hydrogen-bond acceptors (Lipinski definition) is 6. The van der Waals surface area contributed by atoms with Crippen LogP contribution < -0.4 is 0 Å². The van der Waals surface area contributed by atoms with E-state index in [1.54, 1.807) is 27.7 Å². The lowest BCUT2D eigenvalue weighted by Crippen LogP contribution is -2.40. The van der Waals surface area contributed by atoms with Crippen LogP contribution in [0.15, 0.2) is 0 Å². The second kappa shape index (κ2) is 5.02. The summed E-state index contributed by atoms with van der Waals surface area (Å²) in [6.45, 7) is 3.03. The largest absolute Gasteiger partial charge is 0.514 e. The fraction of sp³-hybridized carbons (Fsp3) is 1.00. The van der Waals surface area contributed by atoms with Gasteiger partial charge in [-0.15, -0.1) is 4.20 Å². The number of halogens is 2. The SMILES string of the molecule is CC1OP(=O)(F)OC1(C)CCC1(C)OP(=O)(Cl)OC1C. The first kappa shape index (κ1) is 16.9. The number of rotatable bonds is 3. The van der Waals surface area contributed by atoms with Crippen molar-refractivity contribution in [2.45, 2.75) is 63.9 Å². The highest BCUT2D eigenvalue weighted by Crippen LogP contribution is 2.66. The molecule has 0 aromatic rings. The van der Waals surface area contributed by atoms with Gasteiger partial charge < -0.3 is 0 Å². The maximum atomic E-state index is 13.3. The van der Waals surface area contributed by atoms with Crippen LogP contribution in [0.1, 0.15) is 40.5 Å². The fourth-order valence-electron chi connectivity index (χ4n) is 2.28. The first-order valence-electron chi connectivity index (χ1n) is 6.25. The number of hydrogen-bond donors (Lipinski definition) is 0. The smallest absolute Gasteiger partial charge is 0.291 e. The van der Waals surface area contributed by atoms with Crippen molar-refractivity contribution < 1.29 is 31.4 Å². The molecule has 6 unspecified atom stereocenters. The van der Waals surface area contributed by atoms with Crippen molar-refractivity contribution in [1.82, 2.24) is 0 Å². The van der Waals surface area contributed by atoms with E-state index in [4.69, 9.17) is 29.3 Å². The second-order valence-electron chi connectivity index (χ2n) is 5.66. The summed E-state index contributed by atoms with van der Waals surface area (Å²) in [5.74, 6) is 0. The monoisotopic (exact) mass is 350 g/mol. The molecule has 0 radical (unpaired) electrons. The van der Waals surface area contributed by atoms with E-state index in [1.807, 2.05) is 0 Å². The zero-order valence-electron chi connectivity index (χ0n) is 11.7. The van der Waals surface area contributed by atoms with E-state index in [9.17, 15) is 13.3 Å². The van der Waals surface area contributed by atoms with Gasteiger partial charge in [-0.1, -0.05) is 0 Å². The molecule has 118 valence electrons. The topological polar surface area (TPSA) is 71.1 Å². The Kier molecular flexibility index (Phi) is 4.24. The van der Waals surface area contributed by atoms with Crippen LogP contribution in [0.3, 0.4) is 0 Å². The molecule has 2 heterocycles. The zero-order chi connectivity index (χ0) is 15.4. The minimum absolute atomic E-state index is 0.295. The maximum Gasteiger partial charge on any atom is 0.514 e. The highest BCUT2D eigenvalue weighted by molar-refractivity contribution is 7.81. The lowest BCUT2D eigenvalue weighted by Gasteiger charge is -2.31. The predicted octanol–water partition coefficient (Wildman–Crippen LogP) is 4.58. The highest BCUT2D eigenvalue weighted by atomic mass is 35.7. The van der Waals surface area contributed by atoms with Crippen LogP contribution in [0, 0.1) is 0 Å². The molecule has 2 aliphatic heterocycles. The summed E-state index contributed by atoms with van der Waals surface area (Å²) in [5, 5.41) is 0. The molecule has 0 saturated carbocycles. The molecular formula is C10H18ClFO6P2. The van der Waals surface area contributed by atoms with E-state index in [1.165, 1.54) is 0 Å². The summed E-state index contributed by atoms with van der Waals surface area (Å²) in [6.07, 6.45) is -0.510. The van der Waals surface area contributed by atoms with E-state index < -0.39 is 38.3 Å². The summed E-state index contributed by atoms with van der Waals surface area (Å²) in [6, 6.07) is 0. The highest BCUT2D eigenvalue weighted by Gasteiger charge is 2.55. The van der Waals surface area contributed by atoms with Crippen LogP contribution >= 0.6 is 26.1 Å². The average Bonchev–Trinajstić information content (AvgIpc) is 2.56. The summed E-state index contributed by atoms with van der Waals surface area (Å²) in [4.78, 5) is 0. The van der Waals surface area contributed by atoms with Crippen molar-refractivity contribution in [2.24, 2.45) is 0 Å². The molecule has 0 N–H and O–H groups in total. The minimum atomic E-state index is -4.50. The Labute approximate surface area is 122 Å². The van der Waals surface area contributed by atoms with Crippen LogP contribution in [-0.4, -0.2) is 23.4 Å². The van der Waals surface area contributed by atoms with Gasteiger partial charge in [-0.2, -0.15) is 0 Å². The average molecular weight is 351 g/mol. The van der Waals surface area contributed by atoms with E-state index >= 15 is 0 Å². The van der Waals surface area contributed by atoms with Crippen LogP contribution in [-0.2, 0) is 27.2 Å². The standard InChI is InChI=1S/C10H18ClFO6P2/c1-7-9(3,17-19(11,13)15-7)5-6-10(4)8(2)16-20(12,14)18-10/h7-8H,5-6H2,1-4H3. The minimum Gasteiger partial charge on any atom is -0.291 e. The van der Waals surface area contributed by atoms with Crippen LogP contribution in [0.4, 0.5) is 4.20 Å². The molecule has 0 aliphatic carbocycles. The summed E-state index contributed by atoms with van der Waals surface area (Å²) < 4.78 is 56.2. The second-order valence-corrected chi connectivity index (χ2v) is 9.42. The van der Waals surface area contributed by atoms with E-state index in [-0.39, 0.29) is 0 Å². The zero-order valence-corrected chi connectivity index (χ0v) is 14.2. The molecular weight excluding hydrogens is 333 g/mol. The van der Waals surface area contributed by atoms with Crippen molar-refractivity contribution in [3.8, 4) is 0 Å². The van der Waals surface area contributed by atoms with Crippen molar-refractivity contribution in [2.75, 3.05) is 0 Å². The molecule has 10 heteroatoms. The molecule has 6 atom stereocenters. The molecule has 2 fully saturated rings. The lowest BCUT2D eigenvalue weighted by atomic mass is 9.86. The molecule has 20 heavy (non-hydrogen) atoms. The van der Waals surface area contributed by atoms with Gasteiger partial charge in [0.2, 0.25) is 0 Å². The third-order valence-electron chi connectivity index (χ3n) is 4.04. The molecule has 2 aliphatic rings. The van der Waals surface area contributed by atoms with Gasteiger partial charge in [-0.25, -0.2) is 9.13 Å². The third-order valence-corrected chi connectivity index (χ3v) is 6.89. The van der Waals surface area contributed by atoms with Crippen molar-refractivity contribution in [1.29, 1.82) is 0 Å². The van der Waals surface area contributed by atoms with Gasteiger partial charge in [-0.05, 0) is 40.5 Å². The predicted molar refractivity (Wildman–Crippen MR) is 71.5 cm³/mol. The first-order chi connectivity index (χ1) is 8.88. The molecule has 6 nitrogen and oxygen atoms in total. The molecule has 2 rings (SSSR count). The Morgan fingerprint density at radius 3 is 1.85 bits per heavy atom. The van der Waals surface area contributed by atoms with E-state index in [2.05, 4.69) is 0 Å². The summed E-state index contributed by atoms with van der Waals surface area (Å²) in [7, 11) is -4.50. The van der Waals surface area contributed by atoms with Gasteiger partial charge in [-0.3, -0.25) is 18.1 Å². The normalized spacial score (nSPS) is 56.3. The fourth-order valence-corrected chi connectivity index (χ4v) is 5.88. The van der Waals surface area contributed by atoms with Gasteiger partial charge >= 0.3 is 14.9 Å². The Morgan fingerprint density at radius 1 is 1.05 bits per heavy atom. The Morgan fingerprint density at radius 2 is 1.50 bits per heavy atom. The Balaban J connectivity index is 2.06. The third kappa shape index (κ3) is 3.30. The van der Waals surface area contributed by atoms with Crippen LogP contribution in [0.5, 0.6) is 0 Å². The molecule has 0 aromatic heterocycles. The Hall–Kier alpha value is 0.520. The van der Waals surface area contributed by atoms with Gasteiger partial charge in [0.25, 0.3) is 0 Å². The van der Waals surface area contributed by atoms with Gasteiger partial charge in [0, 0.05) is 11.2 Å². The Bertz CT molecular complexity index is 460. The van der Waals surface area contributed by atoms with Crippen molar-refractivity contribution in [3.05, 3.63) is 0 Å². The molecule has 0 bridgehead atoms. The summed E-state index contributed by atoms with van der Waals surface area (Å²) in [5.41, 5.74) is -1.93. The molecule has 0 amide bonds. The molecule has 0 spiro atoms. The van der Waals surface area contributed by atoms with Gasteiger partial charge in [0.15, 0.2) is 0 Å². The molecule has 2 saturated heterocycles. The van der Waals surface area contributed by atoms with Crippen molar-refractivity contribution in [3.63, 3.8) is 0 Å². The van der Waals surface area contributed by atoms with Crippen LogP contribution in [0.25, 0.3) is 0 Å². The van der Waals surface area contributed by atoms with Crippen molar-refractivity contribution >= 4 is 26.1 Å². The van der Waals surface area contributed by atoms with E-state index in [0.29, 0.717) is 12.8 Å².